The normalized spacial score (nSPS) is 19.7. The van der Waals surface area contributed by atoms with Crippen molar-refractivity contribution in [2.24, 2.45) is 0 Å². The molecule has 206 valence electrons. The van der Waals surface area contributed by atoms with Crippen LogP contribution in [0.25, 0.3) is 0 Å². The molecule has 3 aromatic carbocycles. The molecule has 2 aliphatic heterocycles. The first kappa shape index (κ1) is 27.3. The van der Waals surface area contributed by atoms with E-state index in [1.54, 1.807) is 14.2 Å². The average Bonchev–Trinajstić information content (AvgIpc) is 3.28. The number of methoxy groups -OCH3 is 2. The van der Waals surface area contributed by atoms with Crippen LogP contribution >= 0.6 is 0 Å². The van der Waals surface area contributed by atoms with E-state index in [9.17, 15) is 4.79 Å². The monoisotopic (exact) mass is 526 g/mol. The van der Waals surface area contributed by atoms with Crippen molar-refractivity contribution < 1.29 is 14.3 Å². The summed E-state index contributed by atoms with van der Waals surface area (Å²) < 4.78 is 10.9. The molecule has 5 rings (SSSR count). The molecule has 3 aromatic rings. The van der Waals surface area contributed by atoms with Crippen LogP contribution in [0.1, 0.15) is 55.2 Å². The minimum absolute atomic E-state index is 0.0198. The minimum atomic E-state index is 0.0198. The van der Waals surface area contributed by atoms with Crippen LogP contribution in [0, 0.1) is 0 Å². The highest BCUT2D eigenvalue weighted by Gasteiger charge is 2.46. The van der Waals surface area contributed by atoms with Gasteiger partial charge in [0, 0.05) is 25.2 Å². The van der Waals surface area contributed by atoms with Gasteiger partial charge in [0.15, 0.2) is 11.5 Å². The van der Waals surface area contributed by atoms with Crippen molar-refractivity contribution in [2.75, 3.05) is 20.8 Å². The molecule has 5 heteroatoms. The standard InChI is InChI=1S/C34H42N2O3/c1-38-32-22-19-27(23-33(32)39-2)16-10-18-29(17-9-15-26-11-5-3-6-12-26)36-25-30-20-21-31(34(36)37)35(30)24-28-13-7-4-8-14-28/h3-8,11-14,19,22-23,29-31H,9-10,15-18,20-21,24-25H2,1-2H3/t29?,30-,31+/m1/s1. The summed E-state index contributed by atoms with van der Waals surface area (Å²) in [7, 11) is 3.35. The number of carbonyl (C=O) groups is 1. The summed E-state index contributed by atoms with van der Waals surface area (Å²) in [5, 5.41) is 0. The van der Waals surface area contributed by atoms with Crippen LogP contribution in [0.3, 0.4) is 0 Å². The van der Waals surface area contributed by atoms with Crippen LogP contribution in [0.15, 0.2) is 78.9 Å². The predicted octanol–water partition coefficient (Wildman–Crippen LogP) is 6.29. The van der Waals surface area contributed by atoms with Gasteiger partial charge in [-0.25, -0.2) is 0 Å². The third-order valence-electron chi connectivity index (χ3n) is 8.56. The van der Waals surface area contributed by atoms with Crippen LogP contribution in [0.4, 0.5) is 0 Å². The molecule has 39 heavy (non-hydrogen) atoms. The number of amides is 1. The van der Waals surface area contributed by atoms with Crippen LogP contribution < -0.4 is 9.47 Å². The van der Waals surface area contributed by atoms with Crippen molar-refractivity contribution in [3.63, 3.8) is 0 Å². The maximum atomic E-state index is 13.9. The zero-order valence-electron chi connectivity index (χ0n) is 23.4. The maximum Gasteiger partial charge on any atom is 0.240 e. The summed E-state index contributed by atoms with van der Waals surface area (Å²) in [6.45, 7) is 1.72. The lowest BCUT2D eigenvalue weighted by molar-refractivity contribution is -0.145. The van der Waals surface area contributed by atoms with Gasteiger partial charge in [-0.1, -0.05) is 66.7 Å². The highest BCUT2D eigenvalue weighted by atomic mass is 16.5. The molecule has 1 unspecified atom stereocenters. The van der Waals surface area contributed by atoms with Crippen LogP contribution in [-0.4, -0.2) is 54.6 Å². The molecule has 0 N–H and O–H groups in total. The first-order chi connectivity index (χ1) is 19.2. The summed E-state index contributed by atoms with van der Waals surface area (Å²) in [5.41, 5.74) is 3.92. The van der Waals surface area contributed by atoms with Crippen LogP contribution in [0.5, 0.6) is 11.5 Å². The van der Waals surface area contributed by atoms with Crippen molar-refractivity contribution >= 4 is 5.91 Å². The van der Waals surface area contributed by atoms with Gasteiger partial charge in [0.05, 0.1) is 20.3 Å². The van der Waals surface area contributed by atoms with Crippen molar-refractivity contribution in [1.82, 2.24) is 9.80 Å². The average molecular weight is 527 g/mol. The SMILES string of the molecule is COc1ccc(CCCC(CCCc2ccccc2)N2C[C@H]3CC[C@@H](C2=O)N3Cc2ccccc2)cc1OC. The molecule has 2 saturated heterocycles. The summed E-state index contributed by atoms with van der Waals surface area (Å²) in [6.07, 6.45) is 8.32. The van der Waals surface area contributed by atoms with Gasteiger partial charge in [0.2, 0.25) is 5.91 Å². The summed E-state index contributed by atoms with van der Waals surface area (Å²) in [5.74, 6) is 1.88. The number of nitrogens with zero attached hydrogens (tertiary/aromatic N) is 2. The third-order valence-corrected chi connectivity index (χ3v) is 8.56. The van der Waals surface area contributed by atoms with Crippen molar-refractivity contribution in [1.29, 1.82) is 0 Å². The third kappa shape index (κ3) is 6.65. The number of piperazine rings is 1. The Bertz CT molecular complexity index is 1200. The molecule has 2 bridgehead atoms. The fourth-order valence-corrected chi connectivity index (χ4v) is 6.49. The molecule has 0 radical (unpaired) electrons. The molecule has 5 nitrogen and oxygen atoms in total. The van der Waals surface area contributed by atoms with Gasteiger partial charge < -0.3 is 14.4 Å². The lowest BCUT2D eigenvalue weighted by Crippen LogP contribution is -2.59. The first-order valence-electron chi connectivity index (χ1n) is 14.5. The van der Waals surface area contributed by atoms with E-state index >= 15 is 0 Å². The molecule has 3 atom stereocenters. The van der Waals surface area contributed by atoms with Gasteiger partial charge in [-0.15, -0.1) is 0 Å². The number of aryl methyl sites for hydroxylation is 2. The smallest absolute Gasteiger partial charge is 0.240 e. The number of likely N-dealkylation sites (tertiary alicyclic amines) is 1. The van der Waals surface area contributed by atoms with Crippen LogP contribution in [-0.2, 0) is 24.2 Å². The Balaban J connectivity index is 1.25. The molecule has 2 heterocycles. The molecule has 0 aliphatic carbocycles. The molecule has 0 aromatic heterocycles. The number of carbonyl (C=O) groups excluding carboxylic acids is 1. The Morgan fingerprint density at radius 3 is 2.08 bits per heavy atom. The van der Waals surface area contributed by atoms with Gasteiger partial charge in [0.25, 0.3) is 0 Å². The lowest BCUT2D eigenvalue weighted by Gasteiger charge is -2.44. The Morgan fingerprint density at radius 1 is 0.769 bits per heavy atom. The molecule has 1 amide bonds. The number of rotatable bonds is 13. The molecule has 0 saturated carbocycles. The molecule has 2 fully saturated rings. The second-order valence-corrected chi connectivity index (χ2v) is 11.0. The number of hydrogen-bond donors (Lipinski definition) is 0. The topological polar surface area (TPSA) is 42.0 Å². The fourth-order valence-electron chi connectivity index (χ4n) is 6.49. The number of fused-ring (bicyclic) bond motifs is 2. The van der Waals surface area contributed by atoms with E-state index in [1.807, 2.05) is 6.07 Å². The molecular weight excluding hydrogens is 484 g/mol. The van der Waals surface area contributed by atoms with Crippen molar-refractivity contribution in [3.8, 4) is 11.5 Å². The van der Waals surface area contributed by atoms with E-state index in [4.69, 9.17) is 9.47 Å². The summed E-state index contributed by atoms with van der Waals surface area (Å²) in [4.78, 5) is 18.6. The Labute approximate surface area is 233 Å². The Morgan fingerprint density at radius 2 is 1.41 bits per heavy atom. The highest BCUT2D eigenvalue weighted by molar-refractivity contribution is 5.83. The Hall–Kier alpha value is -3.31. The van der Waals surface area contributed by atoms with E-state index in [-0.39, 0.29) is 12.1 Å². The van der Waals surface area contributed by atoms with Crippen molar-refractivity contribution in [3.05, 3.63) is 95.6 Å². The second-order valence-electron chi connectivity index (χ2n) is 11.0. The zero-order chi connectivity index (χ0) is 27.0. The molecular formula is C34H42N2O3. The summed E-state index contributed by atoms with van der Waals surface area (Å²) >= 11 is 0. The number of ether oxygens (including phenoxy) is 2. The Kier molecular flexibility index (Phi) is 9.20. The maximum absolute atomic E-state index is 13.9. The lowest BCUT2D eigenvalue weighted by atomic mass is 9.96. The molecule has 0 spiro atoms. The van der Waals surface area contributed by atoms with E-state index in [1.165, 1.54) is 16.7 Å². The fraction of sp³-hybridized carbons (Fsp3) is 0.441. The van der Waals surface area contributed by atoms with Crippen molar-refractivity contribution in [2.45, 2.75) is 76.0 Å². The summed E-state index contributed by atoms with van der Waals surface area (Å²) in [6, 6.07) is 28.3. The van der Waals surface area contributed by atoms with E-state index in [0.29, 0.717) is 11.9 Å². The number of benzene rings is 3. The van der Waals surface area contributed by atoms with Gasteiger partial charge in [0.1, 0.15) is 0 Å². The van der Waals surface area contributed by atoms with E-state index in [2.05, 4.69) is 82.6 Å². The minimum Gasteiger partial charge on any atom is -0.493 e. The van der Waals surface area contributed by atoms with Gasteiger partial charge >= 0.3 is 0 Å². The largest absolute Gasteiger partial charge is 0.493 e. The highest BCUT2D eigenvalue weighted by Crippen LogP contribution is 2.35. The zero-order valence-corrected chi connectivity index (χ0v) is 23.4. The van der Waals surface area contributed by atoms with Gasteiger partial charge in [-0.2, -0.15) is 0 Å². The van der Waals surface area contributed by atoms with Gasteiger partial charge in [-0.05, 0) is 80.2 Å². The van der Waals surface area contributed by atoms with E-state index in [0.717, 1.165) is 76.0 Å². The molecule has 2 aliphatic rings. The van der Waals surface area contributed by atoms with Gasteiger partial charge in [-0.3, -0.25) is 9.69 Å². The first-order valence-corrected chi connectivity index (χ1v) is 14.5. The predicted molar refractivity (Wildman–Crippen MR) is 156 cm³/mol. The van der Waals surface area contributed by atoms with E-state index < -0.39 is 0 Å². The second kappa shape index (κ2) is 13.2. The number of hydrogen-bond acceptors (Lipinski definition) is 4. The van der Waals surface area contributed by atoms with Crippen LogP contribution in [0.2, 0.25) is 0 Å². The quantitative estimate of drug-likeness (QED) is 0.262.